The zero-order valence-electron chi connectivity index (χ0n) is 30.4. The highest BCUT2D eigenvalue weighted by Gasteiger charge is 2.19. The zero-order valence-corrected chi connectivity index (χ0v) is 30.4. The minimum Gasteiger partial charge on any atom is -0.316 e. The summed E-state index contributed by atoms with van der Waals surface area (Å²) in [6, 6.07) is 55.5. The Labute approximate surface area is 323 Å². The molecular formula is C50H34N6. The minimum atomic E-state index is 0.647. The monoisotopic (exact) mass is 718 g/mol. The van der Waals surface area contributed by atoms with Crippen molar-refractivity contribution in [1.29, 1.82) is 0 Å². The molecule has 264 valence electrons. The highest BCUT2D eigenvalue weighted by molar-refractivity contribution is 6.19. The van der Waals surface area contributed by atoms with Gasteiger partial charge in [0.05, 0.1) is 39.2 Å². The standard InChI is InChI=1S/C50H34N6/c1-3-11-37(12-4-1)55-30-28-41-46(55)27-24-39-42-31-35(23-26-47(42)56(49(39)41)38-13-5-2-6-14-38)44-25-22-36(32-52-44)50-53-45-17-8-7-15-40(45)48(54-50)34-20-18-33(19-21-34)43-16-9-10-29-51-43/h1-8,11-32H,9-10H2. The molecular weight excluding hydrogens is 685 g/mol. The quantitative estimate of drug-likeness (QED) is 0.172. The molecule has 0 fully saturated rings. The maximum absolute atomic E-state index is 5.14. The molecule has 56 heavy (non-hydrogen) atoms. The van der Waals surface area contributed by atoms with E-state index in [1.165, 1.54) is 27.2 Å². The summed E-state index contributed by atoms with van der Waals surface area (Å²) in [6.45, 7) is 0. The van der Waals surface area contributed by atoms with Crippen molar-refractivity contribution in [2.45, 2.75) is 12.8 Å². The number of hydrogen-bond acceptors (Lipinski definition) is 4. The van der Waals surface area contributed by atoms with Crippen molar-refractivity contribution in [3.63, 3.8) is 0 Å². The summed E-state index contributed by atoms with van der Waals surface area (Å²) < 4.78 is 4.66. The van der Waals surface area contributed by atoms with Gasteiger partial charge in [-0.15, -0.1) is 0 Å². The number of benzene rings is 6. The molecule has 6 nitrogen and oxygen atoms in total. The van der Waals surface area contributed by atoms with Crippen LogP contribution in [0.5, 0.6) is 0 Å². The Hall–Kier alpha value is -7.44. The second-order valence-corrected chi connectivity index (χ2v) is 14.2. The van der Waals surface area contributed by atoms with Crippen molar-refractivity contribution in [3.8, 4) is 45.3 Å². The smallest absolute Gasteiger partial charge is 0.161 e. The Kier molecular flexibility index (Phi) is 7.52. The number of aromatic nitrogens is 5. The molecule has 0 N–H and O–H groups in total. The van der Waals surface area contributed by atoms with Crippen LogP contribution in [0.4, 0.5) is 0 Å². The zero-order chi connectivity index (χ0) is 37.0. The lowest BCUT2D eigenvalue weighted by Gasteiger charge is -2.11. The number of allylic oxidation sites excluding steroid dienone is 1. The van der Waals surface area contributed by atoms with Gasteiger partial charge >= 0.3 is 0 Å². The first-order valence-electron chi connectivity index (χ1n) is 19.0. The molecule has 0 atom stereocenters. The molecule has 0 aliphatic carbocycles. The first-order chi connectivity index (χ1) is 27.8. The van der Waals surface area contributed by atoms with Crippen LogP contribution in [0.25, 0.3) is 94.6 Å². The second-order valence-electron chi connectivity index (χ2n) is 14.2. The van der Waals surface area contributed by atoms with E-state index in [4.69, 9.17) is 15.0 Å². The van der Waals surface area contributed by atoms with Crippen LogP contribution in [0.15, 0.2) is 181 Å². The van der Waals surface area contributed by atoms with Gasteiger partial charge in [-0.2, -0.15) is 0 Å². The summed E-state index contributed by atoms with van der Waals surface area (Å²) in [6.07, 6.45) is 10.3. The van der Waals surface area contributed by atoms with E-state index in [-0.39, 0.29) is 0 Å². The SMILES string of the molecule is C1=NC(c2ccc(-c3nc(-c4ccc(-c5ccc6c(c5)c5ccc7c(ccn7-c7ccccc7)c5n6-c5ccccc5)nc4)nc4ccccc34)cc2)=CCC1. The van der Waals surface area contributed by atoms with Gasteiger partial charge in [0.15, 0.2) is 5.82 Å². The van der Waals surface area contributed by atoms with Crippen LogP contribution in [-0.2, 0) is 0 Å². The molecule has 10 aromatic rings. The Balaban J connectivity index is 0.994. The topological polar surface area (TPSA) is 60.9 Å². The van der Waals surface area contributed by atoms with Gasteiger partial charge < -0.3 is 9.13 Å². The third-order valence-corrected chi connectivity index (χ3v) is 10.9. The van der Waals surface area contributed by atoms with Crippen LogP contribution in [-0.4, -0.2) is 30.3 Å². The van der Waals surface area contributed by atoms with Crippen molar-refractivity contribution in [1.82, 2.24) is 24.1 Å². The van der Waals surface area contributed by atoms with Crippen LogP contribution in [0.3, 0.4) is 0 Å². The third-order valence-electron chi connectivity index (χ3n) is 10.9. The number of nitrogens with zero attached hydrogens (tertiary/aromatic N) is 6. The van der Waals surface area contributed by atoms with Gasteiger partial charge in [0.2, 0.25) is 0 Å². The highest BCUT2D eigenvalue weighted by Crippen LogP contribution is 2.39. The van der Waals surface area contributed by atoms with E-state index in [9.17, 15) is 0 Å². The maximum atomic E-state index is 5.14. The molecule has 5 heterocycles. The number of hydrogen-bond donors (Lipinski definition) is 0. The first-order valence-corrected chi connectivity index (χ1v) is 19.0. The summed E-state index contributed by atoms with van der Waals surface area (Å²) in [5.41, 5.74) is 13.6. The highest BCUT2D eigenvalue weighted by atomic mass is 15.0. The van der Waals surface area contributed by atoms with Crippen molar-refractivity contribution in [2.75, 3.05) is 0 Å². The molecule has 6 aromatic carbocycles. The van der Waals surface area contributed by atoms with Crippen LogP contribution in [0, 0.1) is 0 Å². The lowest BCUT2D eigenvalue weighted by molar-refractivity contribution is 1.09. The predicted octanol–water partition coefficient (Wildman–Crippen LogP) is 12.3. The average molecular weight is 719 g/mol. The Bertz CT molecular complexity index is 3150. The lowest BCUT2D eigenvalue weighted by atomic mass is 10.0. The predicted molar refractivity (Wildman–Crippen MR) is 231 cm³/mol. The molecule has 0 saturated carbocycles. The molecule has 0 amide bonds. The van der Waals surface area contributed by atoms with Crippen LogP contribution < -0.4 is 0 Å². The lowest BCUT2D eigenvalue weighted by Crippen LogP contribution is -1.96. The fourth-order valence-electron chi connectivity index (χ4n) is 8.17. The molecule has 0 spiro atoms. The molecule has 0 unspecified atom stereocenters. The normalized spacial score (nSPS) is 12.9. The van der Waals surface area contributed by atoms with Crippen molar-refractivity contribution < 1.29 is 0 Å². The summed E-state index contributed by atoms with van der Waals surface area (Å²) >= 11 is 0. The van der Waals surface area contributed by atoms with E-state index >= 15 is 0 Å². The average Bonchev–Trinajstić information content (AvgIpc) is 3.86. The largest absolute Gasteiger partial charge is 0.316 e. The molecule has 0 radical (unpaired) electrons. The summed E-state index contributed by atoms with van der Waals surface area (Å²) in [5.74, 6) is 0.647. The molecule has 1 aliphatic heterocycles. The van der Waals surface area contributed by atoms with Gasteiger partial charge in [-0.1, -0.05) is 97.1 Å². The summed E-state index contributed by atoms with van der Waals surface area (Å²) in [7, 11) is 0. The van der Waals surface area contributed by atoms with Crippen molar-refractivity contribution in [3.05, 3.63) is 182 Å². The first kappa shape index (κ1) is 32.0. The maximum Gasteiger partial charge on any atom is 0.161 e. The summed E-state index contributed by atoms with van der Waals surface area (Å²) in [4.78, 5) is 19.7. The molecule has 1 aliphatic rings. The minimum absolute atomic E-state index is 0.647. The Morgan fingerprint density at radius 1 is 0.500 bits per heavy atom. The molecule has 0 bridgehead atoms. The third kappa shape index (κ3) is 5.34. The van der Waals surface area contributed by atoms with E-state index in [0.717, 1.165) is 80.0 Å². The number of fused-ring (bicyclic) bond motifs is 6. The number of rotatable bonds is 6. The molecule has 0 saturated heterocycles. The van der Waals surface area contributed by atoms with E-state index in [1.54, 1.807) is 0 Å². The van der Waals surface area contributed by atoms with Gasteiger partial charge in [0, 0.05) is 68.2 Å². The van der Waals surface area contributed by atoms with Crippen molar-refractivity contribution >= 4 is 55.5 Å². The van der Waals surface area contributed by atoms with E-state index < -0.39 is 0 Å². The Morgan fingerprint density at radius 3 is 2.02 bits per heavy atom. The van der Waals surface area contributed by atoms with E-state index in [0.29, 0.717) is 5.82 Å². The van der Waals surface area contributed by atoms with E-state index in [1.807, 2.05) is 30.6 Å². The van der Waals surface area contributed by atoms with Gasteiger partial charge in [-0.25, -0.2) is 9.97 Å². The van der Waals surface area contributed by atoms with E-state index in [2.05, 4.69) is 166 Å². The molecule has 4 aromatic heterocycles. The van der Waals surface area contributed by atoms with Gasteiger partial charge in [0.1, 0.15) is 0 Å². The number of para-hydroxylation sites is 3. The molecule has 6 heteroatoms. The Morgan fingerprint density at radius 2 is 1.23 bits per heavy atom. The van der Waals surface area contributed by atoms with Gasteiger partial charge in [0.25, 0.3) is 0 Å². The second kappa shape index (κ2) is 13.1. The van der Waals surface area contributed by atoms with Gasteiger partial charge in [-0.3, -0.25) is 9.98 Å². The van der Waals surface area contributed by atoms with Crippen LogP contribution in [0.1, 0.15) is 18.4 Å². The van der Waals surface area contributed by atoms with Crippen LogP contribution >= 0.6 is 0 Å². The number of pyridine rings is 1. The fraction of sp³-hybridized carbons (Fsp3) is 0.0400. The van der Waals surface area contributed by atoms with Gasteiger partial charge in [-0.05, 0) is 85.1 Å². The van der Waals surface area contributed by atoms with Crippen LogP contribution in [0.2, 0.25) is 0 Å². The fourth-order valence-corrected chi connectivity index (χ4v) is 8.17. The van der Waals surface area contributed by atoms with Crippen molar-refractivity contribution in [2.24, 2.45) is 4.99 Å². The number of aliphatic imine (C=N–C) groups is 1. The summed E-state index contributed by atoms with van der Waals surface area (Å²) in [5, 5.41) is 4.60. The molecule has 11 rings (SSSR count).